The van der Waals surface area contributed by atoms with E-state index in [9.17, 15) is 14.4 Å². The van der Waals surface area contributed by atoms with Gasteiger partial charge >= 0.3 is 11.9 Å². The molecule has 0 saturated heterocycles. The summed E-state index contributed by atoms with van der Waals surface area (Å²) in [5.41, 5.74) is 1.52. The predicted octanol–water partition coefficient (Wildman–Crippen LogP) is 4.04. The summed E-state index contributed by atoms with van der Waals surface area (Å²) >= 11 is 0. The molecule has 1 rings (SSSR count). The number of carbonyl (C=O) groups excluding carboxylic acids is 3. The highest BCUT2D eigenvalue weighted by atomic mass is 16.5. The van der Waals surface area contributed by atoms with Crippen LogP contribution in [-0.2, 0) is 19.1 Å². The van der Waals surface area contributed by atoms with Crippen LogP contribution in [0.4, 0.5) is 0 Å². The fraction of sp³-hybridized carbons (Fsp3) is 0.476. The second-order valence-electron chi connectivity index (χ2n) is 6.28. The van der Waals surface area contributed by atoms with E-state index >= 15 is 0 Å². The van der Waals surface area contributed by atoms with Crippen molar-refractivity contribution in [1.82, 2.24) is 0 Å². The summed E-state index contributed by atoms with van der Waals surface area (Å²) in [7, 11) is 0. The first kappa shape index (κ1) is 21.6. The third-order valence-electron chi connectivity index (χ3n) is 4.08. The Balaban J connectivity index is 2.33. The van der Waals surface area contributed by atoms with Gasteiger partial charge in [0.1, 0.15) is 0 Å². The van der Waals surface area contributed by atoms with Crippen LogP contribution in [0.3, 0.4) is 0 Å². The molecule has 1 atom stereocenters. The van der Waals surface area contributed by atoms with Gasteiger partial charge in [0.25, 0.3) is 0 Å². The van der Waals surface area contributed by atoms with Crippen molar-refractivity contribution in [3.8, 4) is 0 Å². The molecule has 0 fully saturated rings. The first-order chi connectivity index (χ1) is 12.5. The number of rotatable bonds is 11. The summed E-state index contributed by atoms with van der Waals surface area (Å²) < 4.78 is 10.0. The Morgan fingerprint density at radius 2 is 1.62 bits per heavy atom. The maximum absolute atomic E-state index is 11.9. The zero-order valence-electron chi connectivity index (χ0n) is 15.8. The molecule has 0 aliphatic rings. The minimum atomic E-state index is -0.750. The standard InChI is InChI=1S/C21H28O5/c1-4-6-7-17(5-2)14-25-20(23)12-13-21(24)26-15-19(22)18-10-8-16(3)9-11-18/h8-13,17H,4-7,14-15H2,1-3H3/b13-12+. The van der Waals surface area contributed by atoms with Gasteiger partial charge in [0.15, 0.2) is 12.4 Å². The molecule has 1 unspecified atom stereocenters. The average Bonchev–Trinajstić information content (AvgIpc) is 2.65. The lowest BCUT2D eigenvalue weighted by molar-refractivity contribution is -0.140. The van der Waals surface area contributed by atoms with E-state index in [1.807, 2.05) is 19.1 Å². The van der Waals surface area contributed by atoms with Gasteiger partial charge in [-0.1, -0.05) is 62.9 Å². The molecule has 0 aliphatic carbocycles. The maximum atomic E-state index is 11.9. The number of unbranched alkanes of at least 4 members (excludes halogenated alkanes) is 1. The van der Waals surface area contributed by atoms with E-state index in [2.05, 4.69) is 13.8 Å². The van der Waals surface area contributed by atoms with Crippen LogP contribution in [0.5, 0.6) is 0 Å². The number of hydrogen-bond donors (Lipinski definition) is 0. The summed E-state index contributed by atoms with van der Waals surface area (Å²) in [5.74, 6) is -1.29. The lowest BCUT2D eigenvalue weighted by Gasteiger charge is -2.13. The summed E-state index contributed by atoms with van der Waals surface area (Å²) in [5, 5.41) is 0. The third-order valence-corrected chi connectivity index (χ3v) is 4.08. The fourth-order valence-corrected chi connectivity index (χ4v) is 2.29. The Bertz CT molecular complexity index is 616. The largest absolute Gasteiger partial charge is 0.462 e. The van der Waals surface area contributed by atoms with E-state index in [0.29, 0.717) is 18.1 Å². The summed E-state index contributed by atoms with van der Waals surface area (Å²) in [4.78, 5) is 35.2. The van der Waals surface area contributed by atoms with Crippen molar-refractivity contribution in [3.63, 3.8) is 0 Å². The molecule has 1 aromatic carbocycles. The van der Waals surface area contributed by atoms with E-state index < -0.39 is 11.9 Å². The van der Waals surface area contributed by atoms with Crippen molar-refractivity contribution in [2.75, 3.05) is 13.2 Å². The molecular weight excluding hydrogens is 332 g/mol. The van der Waals surface area contributed by atoms with Gasteiger partial charge in [-0.2, -0.15) is 0 Å². The van der Waals surface area contributed by atoms with Crippen molar-refractivity contribution in [3.05, 3.63) is 47.5 Å². The zero-order chi connectivity index (χ0) is 19.4. The number of esters is 2. The second-order valence-corrected chi connectivity index (χ2v) is 6.28. The molecule has 0 bridgehead atoms. The van der Waals surface area contributed by atoms with Crippen LogP contribution in [0.2, 0.25) is 0 Å². The first-order valence-electron chi connectivity index (χ1n) is 9.07. The van der Waals surface area contributed by atoms with Crippen molar-refractivity contribution < 1.29 is 23.9 Å². The minimum absolute atomic E-state index is 0.295. The molecule has 0 aliphatic heterocycles. The molecule has 0 heterocycles. The Morgan fingerprint density at radius 3 is 2.19 bits per heavy atom. The number of benzene rings is 1. The molecule has 5 nitrogen and oxygen atoms in total. The van der Waals surface area contributed by atoms with Gasteiger partial charge in [0.05, 0.1) is 6.61 Å². The minimum Gasteiger partial charge on any atom is -0.462 e. The first-order valence-corrected chi connectivity index (χ1v) is 9.07. The second kappa shape index (κ2) is 12.0. The Morgan fingerprint density at radius 1 is 1.00 bits per heavy atom. The van der Waals surface area contributed by atoms with Crippen LogP contribution in [0.1, 0.15) is 55.5 Å². The van der Waals surface area contributed by atoms with Gasteiger partial charge < -0.3 is 9.47 Å². The van der Waals surface area contributed by atoms with Crippen molar-refractivity contribution >= 4 is 17.7 Å². The van der Waals surface area contributed by atoms with Crippen LogP contribution in [-0.4, -0.2) is 30.9 Å². The summed E-state index contributed by atoms with van der Waals surface area (Å²) in [6, 6.07) is 6.99. The van der Waals surface area contributed by atoms with Crippen LogP contribution in [0.15, 0.2) is 36.4 Å². The lowest BCUT2D eigenvalue weighted by atomic mass is 10.0. The van der Waals surface area contributed by atoms with Gasteiger partial charge in [-0.05, 0) is 19.3 Å². The van der Waals surface area contributed by atoms with Crippen LogP contribution in [0.25, 0.3) is 0 Å². The molecule has 0 N–H and O–H groups in total. The number of Topliss-reactive ketones (excluding diaryl/α,β-unsaturated/α-hetero) is 1. The number of hydrogen-bond acceptors (Lipinski definition) is 5. The molecule has 1 aromatic rings. The Labute approximate surface area is 155 Å². The quantitative estimate of drug-likeness (QED) is 0.338. The van der Waals surface area contributed by atoms with E-state index in [1.54, 1.807) is 12.1 Å². The highest BCUT2D eigenvalue weighted by Gasteiger charge is 2.10. The van der Waals surface area contributed by atoms with Gasteiger partial charge in [-0.25, -0.2) is 9.59 Å². The van der Waals surface area contributed by atoms with E-state index in [4.69, 9.17) is 9.47 Å². The SMILES string of the molecule is CCCCC(CC)COC(=O)/C=C/C(=O)OCC(=O)c1ccc(C)cc1. The molecule has 0 aromatic heterocycles. The van der Waals surface area contributed by atoms with Gasteiger partial charge in [0.2, 0.25) is 0 Å². The lowest BCUT2D eigenvalue weighted by Crippen LogP contribution is -2.14. The Hall–Kier alpha value is -2.43. The van der Waals surface area contributed by atoms with E-state index in [-0.39, 0.29) is 12.4 Å². The smallest absolute Gasteiger partial charge is 0.331 e. The van der Waals surface area contributed by atoms with Crippen molar-refractivity contribution in [2.45, 2.75) is 46.5 Å². The highest BCUT2D eigenvalue weighted by Crippen LogP contribution is 2.13. The fourth-order valence-electron chi connectivity index (χ4n) is 2.29. The number of aryl methyl sites for hydroxylation is 1. The number of carbonyl (C=O) groups is 3. The molecule has 0 spiro atoms. The average molecular weight is 360 g/mol. The predicted molar refractivity (Wildman–Crippen MR) is 99.9 cm³/mol. The van der Waals surface area contributed by atoms with Crippen molar-refractivity contribution in [2.24, 2.45) is 5.92 Å². The van der Waals surface area contributed by atoms with Crippen LogP contribution >= 0.6 is 0 Å². The molecule has 0 radical (unpaired) electrons. The monoisotopic (exact) mass is 360 g/mol. The van der Waals surface area contributed by atoms with Gasteiger partial charge in [0, 0.05) is 17.7 Å². The van der Waals surface area contributed by atoms with Gasteiger partial charge in [-0.3, -0.25) is 4.79 Å². The summed E-state index contributed by atoms with van der Waals surface area (Å²) in [6.07, 6.45) is 6.20. The number of ketones is 1. The molecule has 142 valence electrons. The number of ether oxygens (including phenoxy) is 2. The third kappa shape index (κ3) is 8.60. The highest BCUT2D eigenvalue weighted by molar-refractivity contribution is 5.99. The molecule has 0 saturated carbocycles. The van der Waals surface area contributed by atoms with Gasteiger partial charge in [-0.15, -0.1) is 0 Å². The van der Waals surface area contributed by atoms with Crippen LogP contribution < -0.4 is 0 Å². The molecule has 5 heteroatoms. The summed E-state index contributed by atoms with van der Waals surface area (Å²) in [6.45, 7) is 6.09. The van der Waals surface area contributed by atoms with Crippen molar-refractivity contribution in [1.29, 1.82) is 0 Å². The molecule has 0 amide bonds. The topological polar surface area (TPSA) is 69.7 Å². The molecular formula is C21H28O5. The zero-order valence-corrected chi connectivity index (χ0v) is 15.8. The normalized spacial score (nSPS) is 12.0. The van der Waals surface area contributed by atoms with E-state index in [1.165, 1.54) is 0 Å². The van der Waals surface area contributed by atoms with Crippen LogP contribution in [0, 0.1) is 12.8 Å². The maximum Gasteiger partial charge on any atom is 0.331 e. The molecule has 26 heavy (non-hydrogen) atoms. The Kier molecular flexibility index (Phi) is 9.98. The van der Waals surface area contributed by atoms with E-state index in [0.717, 1.165) is 43.4 Å².